The summed E-state index contributed by atoms with van der Waals surface area (Å²) in [5, 5.41) is 2.47. The van der Waals surface area contributed by atoms with Gasteiger partial charge in [-0.2, -0.15) is 0 Å². The molecule has 0 atom stereocenters. The van der Waals surface area contributed by atoms with Crippen molar-refractivity contribution in [3.8, 4) is 56.1 Å². The lowest BCUT2D eigenvalue weighted by Gasteiger charge is -2.14. The summed E-state index contributed by atoms with van der Waals surface area (Å²) < 4.78 is 4.73. The maximum Gasteiger partial charge on any atom is 0.0973 e. The van der Waals surface area contributed by atoms with Crippen molar-refractivity contribution in [2.45, 2.75) is 12.8 Å². The molecular weight excluding hydrogens is 731 g/mol. The Labute approximate surface area is 347 Å². The maximum absolute atomic E-state index is 5.21. The van der Waals surface area contributed by atoms with E-state index < -0.39 is 0 Å². The Hall–Kier alpha value is -7.89. The van der Waals surface area contributed by atoms with E-state index in [1.165, 1.54) is 33.4 Å². The summed E-state index contributed by atoms with van der Waals surface area (Å²) in [5.41, 5.74) is 19.7. The number of hydrogen-bond acceptors (Lipinski definition) is 3. The van der Waals surface area contributed by atoms with E-state index in [9.17, 15) is 0 Å². The zero-order valence-corrected chi connectivity index (χ0v) is 32.7. The number of para-hydroxylation sites is 4. The smallest absolute Gasteiger partial charge is 0.0973 e. The number of allylic oxidation sites excluding steroid dienone is 1. The van der Waals surface area contributed by atoms with Gasteiger partial charge in [-0.05, 0) is 95.8 Å². The molecule has 5 heteroatoms. The van der Waals surface area contributed by atoms with Crippen molar-refractivity contribution in [1.82, 2.24) is 24.1 Å². The molecule has 1 aliphatic rings. The highest BCUT2D eigenvalue weighted by Crippen LogP contribution is 2.37. The van der Waals surface area contributed by atoms with E-state index in [1.54, 1.807) is 0 Å². The summed E-state index contributed by atoms with van der Waals surface area (Å²) >= 11 is 0. The van der Waals surface area contributed by atoms with Crippen LogP contribution in [-0.2, 0) is 6.42 Å². The van der Waals surface area contributed by atoms with Crippen molar-refractivity contribution in [2.24, 2.45) is 0 Å². The summed E-state index contributed by atoms with van der Waals surface area (Å²) in [5.74, 6) is 0. The van der Waals surface area contributed by atoms with Crippen LogP contribution >= 0.6 is 0 Å². The van der Waals surface area contributed by atoms with Crippen molar-refractivity contribution < 1.29 is 0 Å². The van der Waals surface area contributed by atoms with Gasteiger partial charge in [-0.3, -0.25) is 4.98 Å². The van der Waals surface area contributed by atoms with Gasteiger partial charge in [0, 0.05) is 50.7 Å². The third-order valence-corrected chi connectivity index (χ3v) is 12.1. The molecule has 1 aliphatic carbocycles. The molecule has 0 bridgehead atoms. The van der Waals surface area contributed by atoms with Crippen molar-refractivity contribution in [1.29, 1.82) is 0 Å². The molecule has 0 spiro atoms. The fraction of sp³-hybridized carbons (Fsp3) is 0.0364. The van der Waals surface area contributed by atoms with E-state index >= 15 is 0 Å². The number of benzene rings is 7. The van der Waals surface area contributed by atoms with Gasteiger partial charge in [0.15, 0.2) is 0 Å². The molecule has 60 heavy (non-hydrogen) atoms. The van der Waals surface area contributed by atoms with Crippen LogP contribution in [-0.4, -0.2) is 24.1 Å². The van der Waals surface area contributed by atoms with E-state index in [-0.39, 0.29) is 0 Å². The lowest BCUT2D eigenvalue weighted by molar-refractivity contribution is 0.888. The number of aromatic nitrogens is 5. The Morgan fingerprint density at radius 1 is 0.400 bits per heavy atom. The first-order valence-electron chi connectivity index (χ1n) is 20.6. The Balaban J connectivity index is 0.852. The summed E-state index contributed by atoms with van der Waals surface area (Å²) in [7, 11) is 0. The molecule has 282 valence electrons. The van der Waals surface area contributed by atoms with Crippen molar-refractivity contribution in [3.05, 3.63) is 206 Å². The quantitative estimate of drug-likeness (QED) is 0.169. The van der Waals surface area contributed by atoms with Crippen LogP contribution in [0.5, 0.6) is 0 Å². The summed E-state index contributed by atoms with van der Waals surface area (Å²) in [6, 6.07) is 64.7. The van der Waals surface area contributed by atoms with Crippen LogP contribution in [0, 0.1) is 0 Å². The molecule has 5 nitrogen and oxygen atoms in total. The van der Waals surface area contributed by atoms with Crippen LogP contribution in [0.15, 0.2) is 194 Å². The van der Waals surface area contributed by atoms with E-state index in [0.29, 0.717) is 0 Å². The molecule has 4 heterocycles. The first-order valence-corrected chi connectivity index (χ1v) is 20.6. The minimum Gasteiger partial charge on any atom is -0.313 e. The molecule has 0 amide bonds. The molecule has 0 saturated heterocycles. The van der Waals surface area contributed by atoms with E-state index in [0.717, 1.165) is 90.7 Å². The van der Waals surface area contributed by atoms with Gasteiger partial charge in [-0.25, -0.2) is 9.97 Å². The van der Waals surface area contributed by atoms with E-state index in [1.807, 2.05) is 36.5 Å². The van der Waals surface area contributed by atoms with Gasteiger partial charge in [0.25, 0.3) is 0 Å². The van der Waals surface area contributed by atoms with E-state index in [2.05, 4.69) is 173 Å². The predicted octanol–water partition coefficient (Wildman–Crippen LogP) is 13.7. The Kier molecular flexibility index (Phi) is 7.91. The molecule has 12 rings (SSSR count). The van der Waals surface area contributed by atoms with Crippen LogP contribution in [0.25, 0.3) is 106 Å². The molecule has 0 fully saturated rings. The summed E-state index contributed by atoms with van der Waals surface area (Å²) in [4.78, 5) is 15.1. The van der Waals surface area contributed by atoms with Gasteiger partial charge in [0.2, 0.25) is 0 Å². The second-order valence-corrected chi connectivity index (χ2v) is 15.5. The van der Waals surface area contributed by atoms with Crippen LogP contribution in [0.2, 0.25) is 0 Å². The van der Waals surface area contributed by atoms with Crippen LogP contribution in [0.4, 0.5) is 0 Å². The molecular formula is C55H37N5. The van der Waals surface area contributed by atoms with Gasteiger partial charge in [0.1, 0.15) is 0 Å². The molecule has 7 aromatic carbocycles. The first kappa shape index (κ1) is 34.2. The largest absolute Gasteiger partial charge is 0.313 e. The predicted molar refractivity (Wildman–Crippen MR) is 248 cm³/mol. The van der Waals surface area contributed by atoms with Gasteiger partial charge in [-0.1, -0.05) is 133 Å². The normalized spacial score (nSPS) is 12.5. The molecule has 0 N–H and O–H groups in total. The van der Waals surface area contributed by atoms with Gasteiger partial charge >= 0.3 is 0 Å². The van der Waals surface area contributed by atoms with Crippen molar-refractivity contribution in [3.63, 3.8) is 0 Å². The lowest BCUT2D eigenvalue weighted by atomic mass is 9.98. The Morgan fingerprint density at radius 3 is 1.47 bits per heavy atom. The van der Waals surface area contributed by atoms with Crippen molar-refractivity contribution in [2.75, 3.05) is 0 Å². The molecule has 0 saturated carbocycles. The number of hydrogen-bond donors (Lipinski definition) is 0. The minimum atomic E-state index is 0.866. The average Bonchev–Trinajstić information content (AvgIpc) is 3.85. The SMILES string of the molecule is C1=Cc2c(n(-c3ccc(-c4ccc(-c5nc6ccccc6nc5-c5ccc(-c6ccc(-n7c8ccccc8c8ncccc87)cc6)cc5)cc4)cc3)c3ccccc23)CC1. The topological polar surface area (TPSA) is 48.5 Å². The first-order chi connectivity index (χ1) is 29.7. The summed E-state index contributed by atoms with van der Waals surface area (Å²) in [6.45, 7) is 0. The second-order valence-electron chi connectivity index (χ2n) is 15.5. The highest BCUT2D eigenvalue weighted by molar-refractivity contribution is 6.07. The molecule has 0 radical (unpaired) electrons. The van der Waals surface area contributed by atoms with Crippen LogP contribution in [0.1, 0.15) is 17.7 Å². The monoisotopic (exact) mass is 767 g/mol. The zero-order chi connectivity index (χ0) is 39.6. The zero-order valence-electron chi connectivity index (χ0n) is 32.7. The number of fused-ring (bicyclic) bond motifs is 7. The maximum atomic E-state index is 5.21. The average molecular weight is 768 g/mol. The highest BCUT2D eigenvalue weighted by Gasteiger charge is 2.19. The van der Waals surface area contributed by atoms with Crippen LogP contribution in [0.3, 0.4) is 0 Å². The molecule has 11 aromatic rings. The molecule has 4 aromatic heterocycles. The number of rotatable bonds is 6. The summed E-state index contributed by atoms with van der Waals surface area (Å²) in [6.07, 6.45) is 8.57. The third kappa shape index (κ3) is 5.58. The molecule has 0 unspecified atom stereocenters. The third-order valence-electron chi connectivity index (χ3n) is 12.1. The standard InChI is InChI=1S/C55H37N5/c1-6-15-49-44(10-1)45-11-2-7-16-50(45)59(49)42-31-27-38(28-32-42)36-19-23-40(24-20-36)53-54(58-48-14-5-4-13-47(48)57-53)41-25-21-37(22-26-41)39-29-33-43(34-30-39)60-51-17-8-3-12-46(51)55-52(60)18-9-35-56-55/h1-6,8-15,17-35H,7,16H2. The minimum absolute atomic E-state index is 0.866. The highest BCUT2D eigenvalue weighted by atomic mass is 15.0. The Bertz CT molecular complexity index is 3390. The van der Waals surface area contributed by atoms with Gasteiger partial charge in [-0.15, -0.1) is 0 Å². The van der Waals surface area contributed by atoms with E-state index in [4.69, 9.17) is 15.0 Å². The van der Waals surface area contributed by atoms with Crippen LogP contribution < -0.4 is 0 Å². The van der Waals surface area contributed by atoms with Crippen molar-refractivity contribution >= 4 is 49.9 Å². The number of nitrogens with zero attached hydrogens (tertiary/aromatic N) is 5. The number of pyridine rings is 1. The van der Waals surface area contributed by atoms with Gasteiger partial charge in [0.05, 0.1) is 44.5 Å². The van der Waals surface area contributed by atoms with Gasteiger partial charge < -0.3 is 9.13 Å². The molecule has 0 aliphatic heterocycles. The second kappa shape index (κ2) is 13.9. The Morgan fingerprint density at radius 2 is 0.867 bits per heavy atom. The lowest BCUT2D eigenvalue weighted by Crippen LogP contribution is -2.02. The fourth-order valence-electron chi connectivity index (χ4n) is 9.18. The fourth-order valence-corrected chi connectivity index (χ4v) is 9.18.